The van der Waals surface area contributed by atoms with Crippen LogP contribution in [0.25, 0.3) is 53.6 Å². The maximum atomic E-state index is 2.30. The van der Waals surface area contributed by atoms with Crippen LogP contribution in [0.2, 0.25) is 0 Å². The average Bonchev–Trinajstić information content (AvgIpc) is 3.35. The molecule has 6 aromatic rings. The Hall–Kier alpha value is -3.68. The van der Waals surface area contributed by atoms with Gasteiger partial charge in [0, 0.05) is 9.75 Å². The number of benzene rings is 5. The van der Waals surface area contributed by atoms with Crippen molar-refractivity contribution in [1.82, 2.24) is 0 Å². The molecule has 0 saturated carbocycles. The molecular formula is C30H20S. The summed E-state index contributed by atoms with van der Waals surface area (Å²) in [6.45, 7) is 0. The summed E-state index contributed by atoms with van der Waals surface area (Å²) in [4.78, 5) is 2.61. The lowest BCUT2D eigenvalue weighted by Crippen LogP contribution is -1.82. The fourth-order valence-electron chi connectivity index (χ4n) is 4.27. The highest BCUT2D eigenvalue weighted by molar-refractivity contribution is 7.18. The minimum atomic E-state index is 1.25. The molecule has 1 heterocycles. The predicted octanol–water partition coefficient (Wildman–Crippen LogP) is 9.06. The van der Waals surface area contributed by atoms with Crippen LogP contribution in [-0.4, -0.2) is 0 Å². The summed E-state index contributed by atoms with van der Waals surface area (Å²) < 4.78 is 0. The molecular weight excluding hydrogens is 392 g/mol. The molecule has 31 heavy (non-hydrogen) atoms. The predicted molar refractivity (Wildman–Crippen MR) is 136 cm³/mol. The zero-order valence-electron chi connectivity index (χ0n) is 17.0. The van der Waals surface area contributed by atoms with E-state index in [1.54, 1.807) is 0 Å². The van der Waals surface area contributed by atoms with E-state index in [0.29, 0.717) is 0 Å². The Labute approximate surface area is 186 Å². The molecule has 0 bridgehead atoms. The minimum Gasteiger partial charge on any atom is -0.135 e. The molecule has 0 aliphatic rings. The summed E-state index contributed by atoms with van der Waals surface area (Å²) in [6, 6.07) is 43.8. The van der Waals surface area contributed by atoms with Crippen molar-refractivity contribution in [3.05, 3.63) is 121 Å². The van der Waals surface area contributed by atoms with Crippen molar-refractivity contribution in [2.45, 2.75) is 0 Å². The first-order chi connectivity index (χ1) is 15.3. The van der Waals surface area contributed by atoms with Crippen molar-refractivity contribution in [1.29, 1.82) is 0 Å². The van der Waals surface area contributed by atoms with Gasteiger partial charge in [0.25, 0.3) is 0 Å². The third kappa shape index (κ3) is 3.34. The van der Waals surface area contributed by atoms with E-state index in [1.807, 2.05) is 11.3 Å². The first kappa shape index (κ1) is 18.1. The molecule has 0 fully saturated rings. The molecule has 5 aromatic carbocycles. The smallest absolute Gasteiger partial charge is 0.0349 e. The van der Waals surface area contributed by atoms with Crippen LogP contribution in [0.3, 0.4) is 0 Å². The van der Waals surface area contributed by atoms with Gasteiger partial charge in [-0.15, -0.1) is 11.3 Å². The zero-order chi connectivity index (χ0) is 20.6. The fourth-order valence-corrected chi connectivity index (χ4v) is 5.29. The molecule has 0 saturated heterocycles. The van der Waals surface area contributed by atoms with E-state index in [2.05, 4.69) is 121 Å². The van der Waals surface area contributed by atoms with Gasteiger partial charge in [0.2, 0.25) is 0 Å². The Kier molecular flexibility index (Phi) is 4.40. The van der Waals surface area contributed by atoms with Crippen LogP contribution in [0.4, 0.5) is 0 Å². The van der Waals surface area contributed by atoms with Gasteiger partial charge in [0.05, 0.1) is 0 Å². The van der Waals surface area contributed by atoms with Crippen LogP contribution >= 0.6 is 11.3 Å². The number of fused-ring (bicyclic) bond motifs is 3. The first-order valence-corrected chi connectivity index (χ1v) is 11.3. The molecule has 1 aromatic heterocycles. The van der Waals surface area contributed by atoms with E-state index in [9.17, 15) is 0 Å². The molecule has 0 nitrogen and oxygen atoms in total. The Morgan fingerprint density at radius 3 is 1.74 bits per heavy atom. The van der Waals surface area contributed by atoms with Gasteiger partial charge in [-0.05, 0) is 62.0 Å². The molecule has 0 N–H and O–H groups in total. The number of hydrogen-bond acceptors (Lipinski definition) is 1. The van der Waals surface area contributed by atoms with Gasteiger partial charge >= 0.3 is 0 Å². The van der Waals surface area contributed by atoms with Gasteiger partial charge < -0.3 is 0 Å². The van der Waals surface area contributed by atoms with Gasteiger partial charge in [-0.2, -0.15) is 0 Å². The van der Waals surface area contributed by atoms with Crippen molar-refractivity contribution < 1.29 is 0 Å². The van der Waals surface area contributed by atoms with Crippen LogP contribution in [0.1, 0.15) is 0 Å². The highest BCUT2D eigenvalue weighted by Crippen LogP contribution is 2.36. The van der Waals surface area contributed by atoms with Crippen molar-refractivity contribution in [3.63, 3.8) is 0 Å². The molecule has 0 spiro atoms. The second kappa shape index (κ2) is 7.54. The summed E-state index contributed by atoms with van der Waals surface area (Å²) in [7, 11) is 0. The van der Waals surface area contributed by atoms with Gasteiger partial charge in [0.15, 0.2) is 0 Å². The van der Waals surface area contributed by atoms with Crippen LogP contribution < -0.4 is 0 Å². The lowest BCUT2D eigenvalue weighted by Gasteiger charge is -2.08. The summed E-state index contributed by atoms with van der Waals surface area (Å²) in [5.74, 6) is 0. The van der Waals surface area contributed by atoms with Crippen LogP contribution in [-0.2, 0) is 0 Å². The lowest BCUT2D eigenvalue weighted by atomic mass is 9.97. The van der Waals surface area contributed by atoms with Crippen molar-refractivity contribution in [2.24, 2.45) is 0 Å². The normalized spacial score (nSPS) is 11.2. The molecule has 0 aliphatic carbocycles. The Balaban J connectivity index is 1.33. The standard InChI is InChI=1S/C30H20S/c1-2-7-23(8-3-1)29-18-19-30(31-29)24-13-10-21(11-14-24)25-16-17-28-26(20-25)15-12-22-6-4-5-9-27(22)28/h1-20H. The minimum absolute atomic E-state index is 1.25. The summed E-state index contributed by atoms with van der Waals surface area (Å²) in [6.07, 6.45) is 0. The third-order valence-corrected chi connectivity index (χ3v) is 7.10. The zero-order valence-corrected chi connectivity index (χ0v) is 17.8. The largest absolute Gasteiger partial charge is 0.135 e. The molecule has 0 radical (unpaired) electrons. The Bertz CT molecular complexity index is 1510. The van der Waals surface area contributed by atoms with E-state index in [1.165, 1.54) is 53.6 Å². The molecule has 6 rings (SSSR count). The van der Waals surface area contributed by atoms with E-state index in [4.69, 9.17) is 0 Å². The molecule has 146 valence electrons. The molecule has 0 unspecified atom stereocenters. The van der Waals surface area contributed by atoms with Crippen LogP contribution in [0.15, 0.2) is 121 Å². The SMILES string of the molecule is c1ccc(-c2ccc(-c3ccc(-c4ccc5c(ccc6ccccc65)c4)cc3)s2)cc1. The second-order valence-corrected chi connectivity index (χ2v) is 8.91. The van der Waals surface area contributed by atoms with E-state index in [0.717, 1.165) is 0 Å². The van der Waals surface area contributed by atoms with Crippen molar-refractivity contribution >= 4 is 32.9 Å². The monoisotopic (exact) mass is 412 g/mol. The molecule has 1 heteroatoms. The molecule has 0 aliphatic heterocycles. The van der Waals surface area contributed by atoms with Gasteiger partial charge in [0.1, 0.15) is 0 Å². The summed E-state index contributed by atoms with van der Waals surface area (Å²) in [5.41, 5.74) is 5.05. The fraction of sp³-hybridized carbons (Fsp3) is 0. The van der Waals surface area contributed by atoms with Crippen molar-refractivity contribution in [2.75, 3.05) is 0 Å². The lowest BCUT2D eigenvalue weighted by molar-refractivity contribution is 1.64. The van der Waals surface area contributed by atoms with Gasteiger partial charge in [-0.1, -0.05) is 103 Å². The molecule has 0 atom stereocenters. The second-order valence-electron chi connectivity index (χ2n) is 7.83. The summed E-state index contributed by atoms with van der Waals surface area (Å²) >= 11 is 1.84. The quantitative estimate of drug-likeness (QED) is 0.254. The van der Waals surface area contributed by atoms with E-state index in [-0.39, 0.29) is 0 Å². The maximum absolute atomic E-state index is 2.30. The highest BCUT2D eigenvalue weighted by atomic mass is 32.1. The average molecular weight is 413 g/mol. The van der Waals surface area contributed by atoms with Crippen LogP contribution in [0, 0.1) is 0 Å². The van der Waals surface area contributed by atoms with Gasteiger partial charge in [-0.3, -0.25) is 0 Å². The number of rotatable bonds is 3. The summed E-state index contributed by atoms with van der Waals surface area (Å²) in [5, 5.41) is 5.20. The first-order valence-electron chi connectivity index (χ1n) is 10.5. The van der Waals surface area contributed by atoms with Gasteiger partial charge in [-0.25, -0.2) is 0 Å². The van der Waals surface area contributed by atoms with Crippen molar-refractivity contribution in [3.8, 4) is 32.0 Å². The Morgan fingerprint density at radius 2 is 0.935 bits per heavy atom. The number of thiophene rings is 1. The third-order valence-electron chi connectivity index (χ3n) is 5.91. The maximum Gasteiger partial charge on any atom is 0.0349 e. The van der Waals surface area contributed by atoms with Crippen LogP contribution in [0.5, 0.6) is 0 Å². The van der Waals surface area contributed by atoms with E-state index < -0.39 is 0 Å². The van der Waals surface area contributed by atoms with E-state index >= 15 is 0 Å². The topological polar surface area (TPSA) is 0 Å². The highest BCUT2D eigenvalue weighted by Gasteiger charge is 2.07. The molecule has 0 amide bonds. The Morgan fingerprint density at radius 1 is 0.355 bits per heavy atom. The number of hydrogen-bond donors (Lipinski definition) is 0.